The van der Waals surface area contributed by atoms with Crippen molar-refractivity contribution >= 4 is 11.4 Å². The molecule has 0 saturated carbocycles. The maximum atomic E-state index is 12.5. The van der Waals surface area contributed by atoms with E-state index in [1.54, 1.807) is 19.1 Å². The van der Waals surface area contributed by atoms with E-state index in [-0.39, 0.29) is 11.5 Å². The van der Waals surface area contributed by atoms with E-state index in [2.05, 4.69) is 50.4 Å². The first-order chi connectivity index (χ1) is 15.3. The quantitative estimate of drug-likeness (QED) is 0.389. The smallest absolute Gasteiger partial charge is 0.160 e. The lowest BCUT2D eigenvalue weighted by atomic mass is 9.85. The second kappa shape index (κ2) is 10.5. The Hall–Kier alpha value is -3.13. The molecule has 2 aromatic carbocycles. The average molecular weight is 427 g/mol. The molecule has 0 atom stereocenters. The lowest BCUT2D eigenvalue weighted by Gasteiger charge is -2.20. The van der Waals surface area contributed by atoms with Gasteiger partial charge in [-0.25, -0.2) is 0 Å². The Kier molecular flexibility index (Phi) is 7.69. The summed E-state index contributed by atoms with van der Waals surface area (Å²) in [5, 5.41) is 10.5. The van der Waals surface area contributed by atoms with Crippen LogP contribution in [-0.2, 0) is 6.42 Å². The van der Waals surface area contributed by atoms with Crippen LogP contribution in [0, 0.1) is 6.92 Å². The van der Waals surface area contributed by atoms with E-state index in [9.17, 15) is 9.90 Å². The third-order valence-corrected chi connectivity index (χ3v) is 6.25. The third-order valence-electron chi connectivity index (χ3n) is 6.25. The molecule has 0 saturated heterocycles. The van der Waals surface area contributed by atoms with Gasteiger partial charge in [0.1, 0.15) is 5.75 Å². The Balaban J connectivity index is 2.15. The van der Waals surface area contributed by atoms with Crippen LogP contribution in [0.2, 0.25) is 0 Å². The summed E-state index contributed by atoms with van der Waals surface area (Å²) in [6, 6.07) is 13.9. The van der Waals surface area contributed by atoms with Crippen LogP contribution < -0.4 is 0 Å². The van der Waals surface area contributed by atoms with E-state index in [0.717, 1.165) is 60.0 Å². The number of hydrogen-bond donors (Lipinski definition) is 1. The molecule has 0 fully saturated rings. The lowest BCUT2D eigenvalue weighted by Crippen LogP contribution is -2.04. The summed E-state index contributed by atoms with van der Waals surface area (Å²) in [4.78, 5) is 12.5. The molecule has 166 valence electrons. The summed E-state index contributed by atoms with van der Waals surface area (Å²) in [6.45, 7) is 14.4. The molecule has 3 rings (SSSR count). The number of rotatable bonds is 5. The highest BCUT2D eigenvalue weighted by atomic mass is 16.3. The molecule has 0 radical (unpaired) electrons. The van der Waals surface area contributed by atoms with Crippen molar-refractivity contribution in [1.82, 2.24) is 0 Å². The fourth-order valence-electron chi connectivity index (χ4n) is 4.37. The van der Waals surface area contributed by atoms with Crippen molar-refractivity contribution in [3.05, 3.63) is 106 Å². The van der Waals surface area contributed by atoms with Crippen molar-refractivity contribution in [3.8, 4) is 5.75 Å². The van der Waals surface area contributed by atoms with Crippen molar-refractivity contribution in [3.63, 3.8) is 0 Å². The summed E-state index contributed by atoms with van der Waals surface area (Å²) >= 11 is 0. The summed E-state index contributed by atoms with van der Waals surface area (Å²) < 4.78 is 0. The van der Waals surface area contributed by atoms with Gasteiger partial charge in [-0.05, 0) is 105 Å². The van der Waals surface area contributed by atoms with Gasteiger partial charge in [-0.2, -0.15) is 0 Å². The van der Waals surface area contributed by atoms with E-state index in [4.69, 9.17) is 0 Å². The Bertz CT molecular complexity index is 1100. The van der Waals surface area contributed by atoms with E-state index < -0.39 is 0 Å². The Morgan fingerprint density at radius 2 is 1.75 bits per heavy atom. The predicted octanol–water partition coefficient (Wildman–Crippen LogP) is 7.92. The molecule has 2 nitrogen and oxygen atoms in total. The van der Waals surface area contributed by atoms with Crippen LogP contribution in [0.1, 0.15) is 73.0 Å². The molecule has 0 amide bonds. The highest BCUT2D eigenvalue weighted by Crippen LogP contribution is 2.36. The molecule has 0 aliphatic heterocycles. The Labute approximate surface area is 192 Å². The lowest BCUT2D eigenvalue weighted by molar-refractivity contribution is 0.101. The average Bonchev–Trinajstić information content (AvgIpc) is 2.75. The number of benzene rings is 2. The zero-order valence-electron chi connectivity index (χ0n) is 19.6. The normalized spacial score (nSPS) is 19.2. The third kappa shape index (κ3) is 5.76. The minimum atomic E-state index is -0.00271. The van der Waals surface area contributed by atoms with Gasteiger partial charge in [-0.15, -0.1) is 0 Å². The van der Waals surface area contributed by atoms with Crippen LogP contribution in [0.15, 0.2) is 84.0 Å². The minimum Gasteiger partial charge on any atom is -0.508 e. The van der Waals surface area contributed by atoms with E-state index in [0.29, 0.717) is 17.5 Å². The number of aromatic hydroxyl groups is 1. The highest BCUT2D eigenvalue weighted by Gasteiger charge is 2.18. The zero-order chi connectivity index (χ0) is 23.3. The van der Waals surface area contributed by atoms with Gasteiger partial charge in [-0.1, -0.05) is 60.7 Å². The molecule has 0 bridgehead atoms. The summed E-state index contributed by atoms with van der Waals surface area (Å²) in [6.07, 6.45) is 7.85. The first-order valence-corrected chi connectivity index (χ1v) is 11.4. The van der Waals surface area contributed by atoms with E-state index >= 15 is 0 Å². The number of phenols is 1. The standard InChI is InChI=1S/C30H34O2/c1-20-11-9-10-12-21(2)27(22(3)16-25-13-7-6-8-14-25)18-26(15-20)29-19-30(32)23(4)17-28(29)24(5)31/h6-8,13-14,17-19,32H,1,3,9-12,15-16H2,2,4-5H3/b26-18+,27-21-. The van der Waals surface area contributed by atoms with Crippen molar-refractivity contribution in [1.29, 1.82) is 0 Å². The first kappa shape index (κ1) is 23.5. The molecule has 0 heterocycles. The number of carbonyl (C=O) groups excluding carboxylic acids is 1. The van der Waals surface area contributed by atoms with Gasteiger partial charge in [0.2, 0.25) is 0 Å². The SMILES string of the molecule is C=C1CCCC/C(C)=C(C(=C)Cc2ccccc2)/C=C(/c2cc(O)c(C)cc2C(C)=O)C1. The molecule has 0 spiro atoms. The fourth-order valence-corrected chi connectivity index (χ4v) is 4.37. The van der Waals surface area contributed by atoms with Crippen LogP contribution in [0.5, 0.6) is 5.75 Å². The number of Topliss-reactive ketones (excluding diaryl/α,β-unsaturated/α-hetero) is 1. The minimum absolute atomic E-state index is 0.00271. The number of hydrogen-bond acceptors (Lipinski definition) is 2. The second-order valence-electron chi connectivity index (χ2n) is 9.00. The summed E-state index contributed by atoms with van der Waals surface area (Å²) in [5.41, 5.74) is 9.06. The van der Waals surface area contributed by atoms with Crippen LogP contribution in [0.4, 0.5) is 0 Å². The van der Waals surface area contributed by atoms with Gasteiger partial charge in [0, 0.05) is 5.56 Å². The number of allylic oxidation sites excluding steroid dienone is 6. The van der Waals surface area contributed by atoms with Gasteiger partial charge in [0.15, 0.2) is 5.78 Å². The topological polar surface area (TPSA) is 37.3 Å². The number of carbonyl (C=O) groups is 1. The Morgan fingerprint density at radius 1 is 1.06 bits per heavy atom. The molecule has 1 N–H and O–H groups in total. The van der Waals surface area contributed by atoms with Crippen LogP contribution in [-0.4, -0.2) is 10.9 Å². The van der Waals surface area contributed by atoms with Crippen LogP contribution in [0.3, 0.4) is 0 Å². The summed E-state index contributed by atoms with van der Waals surface area (Å²) in [5.74, 6) is 0.205. The van der Waals surface area contributed by atoms with Crippen LogP contribution in [0.25, 0.3) is 5.57 Å². The van der Waals surface area contributed by atoms with Crippen molar-refractivity contribution in [2.24, 2.45) is 0 Å². The van der Waals surface area contributed by atoms with E-state index in [1.807, 2.05) is 13.0 Å². The van der Waals surface area contributed by atoms with Gasteiger partial charge >= 0.3 is 0 Å². The molecule has 2 heteroatoms. The zero-order valence-corrected chi connectivity index (χ0v) is 19.6. The number of phenolic OH excluding ortho intramolecular Hbond substituents is 1. The number of ketones is 1. The molecule has 32 heavy (non-hydrogen) atoms. The van der Waals surface area contributed by atoms with Crippen molar-refractivity contribution < 1.29 is 9.90 Å². The Morgan fingerprint density at radius 3 is 2.44 bits per heavy atom. The second-order valence-corrected chi connectivity index (χ2v) is 9.00. The molecular weight excluding hydrogens is 392 g/mol. The molecule has 0 aromatic heterocycles. The predicted molar refractivity (Wildman–Crippen MR) is 135 cm³/mol. The molecule has 2 aromatic rings. The van der Waals surface area contributed by atoms with Gasteiger partial charge in [0.25, 0.3) is 0 Å². The molecule has 0 unspecified atom stereocenters. The van der Waals surface area contributed by atoms with Crippen molar-refractivity contribution in [2.75, 3.05) is 0 Å². The monoisotopic (exact) mass is 426 g/mol. The summed E-state index contributed by atoms with van der Waals surface area (Å²) in [7, 11) is 0. The largest absolute Gasteiger partial charge is 0.508 e. The van der Waals surface area contributed by atoms with Crippen LogP contribution >= 0.6 is 0 Å². The molecular formula is C30H34O2. The van der Waals surface area contributed by atoms with Crippen molar-refractivity contribution in [2.45, 2.75) is 59.3 Å². The maximum absolute atomic E-state index is 12.5. The first-order valence-electron chi connectivity index (χ1n) is 11.4. The number of aryl methyl sites for hydroxylation is 1. The van der Waals surface area contributed by atoms with Gasteiger partial charge < -0.3 is 5.11 Å². The highest BCUT2D eigenvalue weighted by molar-refractivity contribution is 6.00. The molecule has 1 aliphatic carbocycles. The maximum Gasteiger partial charge on any atom is 0.160 e. The fraction of sp³-hybridized carbons (Fsp3) is 0.300. The van der Waals surface area contributed by atoms with Gasteiger partial charge in [0.05, 0.1) is 0 Å². The molecule has 1 aliphatic rings. The van der Waals surface area contributed by atoms with Gasteiger partial charge in [-0.3, -0.25) is 4.79 Å². The van der Waals surface area contributed by atoms with E-state index in [1.165, 1.54) is 11.1 Å².